The smallest absolute Gasteiger partial charge is 0.343 e. The monoisotopic (exact) mass is 352 g/mol. The van der Waals surface area contributed by atoms with Crippen molar-refractivity contribution in [3.05, 3.63) is 47.7 Å². The Labute approximate surface area is 150 Å². The molecule has 7 nitrogen and oxygen atoms in total. The molecule has 0 aliphatic carbocycles. The minimum atomic E-state index is -0.544. The van der Waals surface area contributed by atoms with Crippen LogP contribution < -0.4 is 0 Å². The Balaban J connectivity index is 2.18. The van der Waals surface area contributed by atoms with Crippen molar-refractivity contribution in [3.8, 4) is 5.75 Å². The summed E-state index contributed by atoms with van der Waals surface area (Å²) in [4.78, 5) is 11.9. The molecule has 0 fully saturated rings. The lowest BCUT2D eigenvalue weighted by molar-refractivity contribution is 0.0601. The fraction of sp³-hybridized carbons (Fsp3) is 0.263. The number of rotatable bonds is 4. The molecule has 0 unspecified atom stereocenters. The van der Waals surface area contributed by atoms with Gasteiger partial charge in [0.05, 0.1) is 13.3 Å². The molecule has 0 radical (unpaired) electrons. The van der Waals surface area contributed by atoms with E-state index in [0.29, 0.717) is 5.69 Å². The molecule has 26 heavy (non-hydrogen) atoms. The van der Waals surface area contributed by atoms with Gasteiger partial charge in [0.1, 0.15) is 17.0 Å². The van der Waals surface area contributed by atoms with Crippen molar-refractivity contribution >= 4 is 28.2 Å². The van der Waals surface area contributed by atoms with E-state index in [1.807, 2.05) is 44.2 Å². The first-order valence-electron chi connectivity index (χ1n) is 8.20. The van der Waals surface area contributed by atoms with Crippen LogP contribution in [0.4, 0.5) is 11.5 Å². The number of aromatic hydroxyl groups is 1. The number of methoxy groups -OCH3 is 1. The number of carbonyl (C=O) groups excluding carboxylic acids is 1. The van der Waals surface area contributed by atoms with Gasteiger partial charge in [-0.1, -0.05) is 38.1 Å². The highest BCUT2D eigenvalue weighted by Crippen LogP contribution is 2.42. The number of aryl methyl sites for hydroxylation is 1. The number of phenolic OH excluding ortho intramolecular Hbond substituents is 1. The summed E-state index contributed by atoms with van der Waals surface area (Å²) in [7, 11) is 2.95. The maximum Gasteiger partial charge on any atom is 0.343 e. The summed E-state index contributed by atoms with van der Waals surface area (Å²) < 4.78 is 6.18. The zero-order valence-corrected chi connectivity index (χ0v) is 15.1. The van der Waals surface area contributed by atoms with Gasteiger partial charge < -0.3 is 9.84 Å². The number of carbonyl (C=O) groups is 1. The van der Waals surface area contributed by atoms with Crippen LogP contribution in [0.3, 0.4) is 0 Å². The first-order valence-corrected chi connectivity index (χ1v) is 8.20. The molecular formula is C19H20N4O3. The number of nitrogens with zero attached hydrogens (tertiary/aromatic N) is 4. The van der Waals surface area contributed by atoms with E-state index in [4.69, 9.17) is 4.74 Å². The SMILES string of the molecule is COC(=O)c1cnn(C)c1N=Nc1c(O)c(C(C)C)cc2ccccc12. The maximum absolute atomic E-state index is 11.9. The largest absolute Gasteiger partial charge is 0.505 e. The molecule has 0 spiro atoms. The number of benzene rings is 2. The van der Waals surface area contributed by atoms with E-state index in [0.717, 1.165) is 16.3 Å². The van der Waals surface area contributed by atoms with Crippen molar-refractivity contribution in [2.45, 2.75) is 19.8 Å². The minimum Gasteiger partial charge on any atom is -0.505 e. The second kappa shape index (κ2) is 6.95. The average molecular weight is 352 g/mol. The number of hydrogen-bond acceptors (Lipinski definition) is 6. The molecule has 0 amide bonds. The van der Waals surface area contributed by atoms with Crippen LogP contribution in [0.15, 0.2) is 46.8 Å². The van der Waals surface area contributed by atoms with Gasteiger partial charge in [-0.05, 0) is 22.9 Å². The van der Waals surface area contributed by atoms with Gasteiger partial charge in [-0.15, -0.1) is 10.2 Å². The van der Waals surface area contributed by atoms with Crippen LogP contribution in [-0.4, -0.2) is 28.0 Å². The molecule has 0 bridgehead atoms. The summed E-state index contributed by atoms with van der Waals surface area (Å²) in [5.74, 6) is -0.0764. The normalized spacial score (nSPS) is 11.6. The number of hydrogen-bond donors (Lipinski definition) is 1. The van der Waals surface area contributed by atoms with Crippen LogP contribution in [0.25, 0.3) is 10.8 Å². The summed E-state index contributed by atoms with van der Waals surface area (Å²) in [6, 6.07) is 9.60. The molecule has 1 aromatic heterocycles. The van der Waals surface area contributed by atoms with Crippen LogP contribution >= 0.6 is 0 Å². The van der Waals surface area contributed by atoms with Crippen LogP contribution in [0, 0.1) is 0 Å². The second-order valence-electron chi connectivity index (χ2n) is 6.24. The fourth-order valence-corrected chi connectivity index (χ4v) is 2.78. The standard InChI is InChI=1S/C19H20N4O3/c1-11(2)14-9-12-7-5-6-8-13(12)16(17(14)24)21-22-18-15(19(25)26-4)10-20-23(18)3/h5-11,24H,1-4H3. The maximum atomic E-state index is 11.9. The van der Waals surface area contributed by atoms with E-state index in [-0.39, 0.29) is 23.0 Å². The highest BCUT2D eigenvalue weighted by Gasteiger charge is 2.18. The summed E-state index contributed by atoms with van der Waals surface area (Å²) in [5.41, 5.74) is 1.36. The van der Waals surface area contributed by atoms with Gasteiger partial charge in [0.2, 0.25) is 0 Å². The van der Waals surface area contributed by atoms with E-state index in [1.165, 1.54) is 18.0 Å². The van der Waals surface area contributed by atoms with Crippen molar-refractivity contribution in [1.29, 1.82) is 0 Å². The lowest BCUT2D eigenvalue weighted by Crippen LogP contribution is -2.00. The van der Waals surface area contributed by atoms with Crippen LogP contribution in [0.2, 0.25) is 0 Å². The Morgan fingerprint density at radius 1 is 1.27 bits per heavy atom. The predicted octanol–water partition coefficient (Wildman–Crippen LogP) is 4.60. The molecule has 2 aromatic carbocycles. The molecule has 3 rings (SSSR count). The summed E-state index contributed by atoms with van der Waals surface area (Å²) in [6.45, 7) is 4.00. The summed E-state index contributed by atoms with van der Waals surface area (Å²) >= 11 is 0. The number of aromatic nitrogens is 2. The Kier molecular flexibility index (Phi) is 4.71. The van der Waals surface area contributed by atoms with Crippen molar-refractivity contribution in [3.63, 3.8) is 0 Å². The van der Waals surface area contributed by atoms with Crippen LogP contribution in [-0.2, 0) is 11.8 Å². The first kappa shape index (κ1) is 17.6. The Hall–Kier alpha value is -3.22. The molecule has 3 aromatic rings. The summed E-state index contributed by atoms with van der Waals surface area (Å²) in [6.07, 6.45) is 1.38. The van der Waals surface area contributed by atoms with E-state index >= 15 is 0 Å². The van der Waals surface area contributed by atoms with Crippen molar-refractivity contribution in [1.82, 2.24) is 9.78 Å². The van der Waals surface area contributed by atoms with Crippen molar-refractivity contribution in [2.75, 3.05) is 7.11 Å². The molecule has 0 saturated heterocycles. The third kappa shape index (κ3) is 3.03. The van der Waals surface area contributed by atoms with Crippen LogP contribution in [0.5, 0.6) is 5.75 Å². The topological polar surface area (TPSA) is 89.1 Å². The van der Waals surface area contributed by atoms with Gasteiger partial charge >= 0.3 is 5.97 Å². The molecule has 1 heterocycles. The third-order valence-electron chi connectivity index (χ3n) is 4.20. The van der Waals surface area contributed by atoms with Crippen molar-refractivity contribution < 1.29 is 14.6 Å². The zero-order valence-electron chi connectivity index (χ0n) is 15.1. The molecule has 0 saturated carbocycles. The number of fused-ring (bicyclic) bond motifs is 1. The summed E-state index contributed by atoms with van der Waals surface area (Å²) in [5, 5.41) is 24.9. The van der Waals surface area contributed by atoms with Crippen LogP contribution in [0.1, 0.15) is 35.7 Å². The lowest BCUT2D eigenvalue weighted by Gasteiger charge is -2.13. The van der Waals surface area contributed by atoms with Crippen molar-refractivity contribution in [2.24, 2.45) is 17.3 Å². The molecule has 134 valence electrons. The Morgan fingerprint density at radius 3 is 2.69 bits per heavy atom. The van der Waals surface area contributed by atoms with Gasteiger partial charge in [0.15, 0.2) is 5.82 Å². The van der Waals surface area contributed by atoms with E-state index in [1.54, 1.807) is 7.05 Å². The molecule has 0 aliphatic rings. The van der Waals surface area contributed by atoms with Gasteiger partial charge in [0, 0.05) is 12.4 Å². The third-order valence-corrected chi connectivity index (χ3v) is 4.20. The average Bonchev–Trinajstić information content (AvgIpc) is 3.00. The van der Waals surface area contributed by atoms with Gasteiger partial charge in [-0.2, -0.15) is 5.10 Å². The highest BCUT2D eigenvalue weighted by atomic mass is 16.5. The second-order valence-corrected chi connectivity index (χ2v) is 6.24. The Morgan fingerprint density at radius 2 is 2.00 bits per heavy atom. The molecule has 1 N–H and O–H groups in total. The van der Waals surface area contributed by atoms with E-state index in [2.05, 4.69) is 15.3 Å². The molecule has 0 atom stereocenters. The van der Waals surface area contributed by atoms with Gasteiger partial charge in [-0.25, -0.2) is 9.48 Å². The Bertz CT molecular complexity index is 1010. The van der Waals surface area contributed by atoms with E-state index in [9.17, 15) is 9.90 Å². The van der Waals surface area contributed by atoms with E-state index < -0.39 is 5.97 Å². The zero-order chi connectivity index (χ0) is 18.8. The molecule has 0 aliphatic heterocycles. The van der Waals surface area contributed by atoms with Gasteiger partial charge in [0.25, 0.3) is 0 Å². The lowest BCUT2D eigenvalue weighted by atomic mass is 9.96. The number of phenols is 1. The highest BCUT2D eigenvalue weighted by molar-refractivity contribution is 5.97. The molecular weight excluding hydrogens is 332 g/mol. The number of esters is 1. The minimum absolute atomic E-state index is 0.0873. The molecule has 7 heteroatoms. The predicted molar refractivity (Wildman–Crippen MR) is 98.4 cm³/mol. The number of azo groups is 1. The number of ether oxygens (including phenoxy) is 1. The van der Waals surface area contributed by atoms with Gasteiger partial charge in [-0.3, -0.25) is 0 Å². The first-order chi connectivity index (χ1) is 12.4. The quantitative estimate of drug-likeness (QED) is 0.549. The fourth-order valence-electron chi connectivity index (χ4n) is 2.78.